The van der Waals surface area contributed by atoms with Crippen LogP contribution < -0.4 is 0 Å². The highest BCUT2D eigenvalue weighted by molar-refractivity contribution is 5.69. The first-order chi connectivity index (χ1) is 9.61. The lowest BCUT2D eigenvalue weighted by atomic mass is 10.1. The summed E-state index contributed by atoms with van der Waals surface area (Å²) in [6.45, 7) is 2.14. The van der Waals surface area contributed by atoms with Crippen molar-refractivity contribution in [2.24, 2.45) is 7.05 Å². The van der Waals surface area contributed by atoms with Gasteiger partial charge in [0.2, 0.25) is 0 Å². The first kappa shape index (κ1) is 14.2. The maximum Gasteiger partial charge on any atom is 0.306 e. The molecule has 6 heteroatoms. The van der Waals surface area contributed by atoms with E-state index >= 15 is 0 Å². The van der Waals surface area contributed by atoms with Crippen LogP contribution in [0.25, 0.3) is 11.3 Å². The van der Waals surface area contributed by atoms with E-state index < -0.39 is 5.82 Å². The molecule has 106 valence electrons. The molecule has 20 heavy (non-hydrogen) atoms. The summed E-state index contributed by atoms with van der Waals surface area (Å²) in [6.07, 6.45) is 3.44. The molecule has 2 aromatic heterocycles. The molecule has 0 aliphatic heterocycles. The molecule has 0 bridgehead atoms. The van der Waals surface area contributed by atoms with Crippen molar-refractivity contribution < 1.29 is 13.9 Å². The molecule has 2 rings (SSSR count). The van der Waals surface area contributed by atoms with Gasteiger partial charge in [0.25, 0.3) is 0 Å². The van der Waals surface area contributed by atoms with Crippen molar-refractivity contribution in [1.82, 2.24) is 14.8 Å². The molecular formula is C14H16FN3O2. The van der Waals surface area contributed by atoms with Gasteiger partial charge in [-0.25, -0.2) is 4.39 Å². The number of aromatic nitrogens is 3. The monoisotopic (exact) mass is 277 g/mol. The summed E-state index contributed by atoms with van der Waals surface area (Å²) in [5, 5.41) is 4.28. The second-order valence-electron chi connectivity index (χ2n) is 4.31. The van der Waals surface area contributed by atoms with Crippen LogP contribution in [0.1, 0.15) is 19.0 Å². The fourth-order valence-electron chi connectivity index (χ4n) is 1.95. The van der Waals surface area contributed by atoms with Crippen LogP contribution in [0.5, 0.6) is 0 Å². The molecular weight excluding hydrogens is 261 g/mol. The number of pyridine rings is 1. The number of ether oxygens (including phenoxy) is 1. The lowest BCUT2D eigenvalue weighted by Gasteiger charge is -2.01. The molecule has 2 aromatic rings. The van der Waals surface area contributed by atoms with Crippen molar-refractivity contribution in [2.75, 3.05) is 6.61 Å². The van der Waals surface area contributed by atoms with Crippen LogP contribution in [0, 0.1) is 5.82 Å². The van der Waals surface area contributed by atoms with Crippen molar-refractivity contribution in [3.8, 4) is 11.3 Å². The van der Waals surface area contributed by atoms with Gasteiger partial charge in [0.1, 0.15) is 0 Å². The number of carbonyl (C=O) groups is 1. The highest BCUT2D eigenvalue weighted by Gasteiger charge is 2.12. The zero-order valence-electron chi connectivity index (χ0n) is 11.5. The minimum atomic E-state index is -0.396. The molecule has 5 nitrogen and oxygen atoms in total. The Morgan fingerprint density at radius 3 is 3.00 bits per heavy atom. The van der Waals surface area contributed by atoms with E-state index in [1.165, 1.54) is 12.4 Å². The number of nitrogens with zero attached hydrogens (tertiary/aromatic N) is 3. The molecule has 0 aromatic carbocycles. The molecule has 0 fully saturated rings. The molecule has 0 atom stereocenters. The van der Waals surface area contributed by atoms with Gasteiger partial charge in [0.15, 0.2) is 5.82 Å². The lowest BCUT2D eigenvalue weighted by Crippen LogP contribution is -2.05. The first-order valence-corrected chi connectivity index (χ1v) is 6.40. The summed E-state index contributed by atoms with van der Waals surface area (Å²) in [5.74, 6) is -0.651. The minimum absolute atomic E-state index is 0.255. The summed E-state index contributed by atoms with van der Waals surface area (Å²) >= 11 is 0. The number of hydrogen-bond acceptors (Lipinski definition) is 4. The first-order valence-electron chi connectivity index (χ1n) is 6.40. The summed E-state index contributed by atoms with van der Waals surface area (Å²) in [7, 11) is 1.74. The van der Waals surface area contributed by atoms with Crippen molar-refractivity contribution >= 4 is 5.97 Å². The van der Waals surface area contributed by atoms with Crippen LogP contribution in [0.2, 0.25) is 0 Å². The Labute approximate surface area is 116 Å². The smallest absolute Gasteiger partial charge is 0.306 e. The van der Waals surface area contributed by atoms with Crippen LogP contribution in [0.15, 0.2) is 24.5 Å². The molecule has 0 N–H and O–H groups in total. The summed E-state index contributed by atoms with van der Waals surface area (Å²) in [5.41, 5.74) is 1.83. The normalized spacial score (nSPS) is 10.6. The number of hydrogen-bond donors (Lipinski definition) is 0. The maximum atomic E-state index is 13.7. The van der Waals surface area contributed by atoms with Gasteiger partial charge in [-0.1, -0.05) is 0 Å². The van der Waals surface area contributed by atoms with Gasteiger partial charge in [-0.2, -0.15) is 5.10 Å². The minimum Gasteiger partial charge on any atom is -0.466 e. The van der Waals surface area contributed by atoms with Crippen molar-refractivity contribution in [3.63, 3.8) is 0 Å². The highest BCUT2D eigenvalue weighted by atomic mass is 19.1. The predicted molar refractivity (Wildman–Crippen MR) is 71.4 cm³/mol. The lowest BCUT2D eigenvalue weighted by molar-refractivity contribution is -0.143. The van der Waals surface area contributed by atoms with Crippen molar-refractivity contribution in [3.05, 3.63) is 36.0 Å². The van der Waals surface area contributed by atoms with Gasteiger partial charge in [0.05, 0.1) is 30.6 Å². The number of halogens is 1. The number of carbonyl (C=O) groups excluding carboxylic acids is 1. The Morgan fingerprint density at radius 2 is 2.30 bits per heavy atom. The molecule has 0 aliphatic carbocycles. The van der Waals surface area contributed by atoms with Gasteiger partial charge >= 0.3 is 5.97 Å². The largest absolute Gasteiger partial charge is 0.466 e. The highest BCUT2D eigenvalue weighted by Crippen LogP contribution is 2.22. The Morgan fingerprint density at radius 1 is 1.50 bits per heavy atom. The van der Waals surface area contributed by atoms with Gasteiger partial charge in [-0.15, -0.1) is 0 Å². The van der Waals surface area contributed by atoms with E-state index in [0.29, 0.717) is 24.3 Å². The summed E-state index contributed by atoms with van der Waals surface area (Å²) in [4.78, 5) is 15.0. The van der Waals surface area contributed by atoms with Gasteiger partial charge in [-0.3, -0.25) is 14.5 Å². The number of rotatable bonds is 5. The SMILES string of the molecule is CCOC(=O)CCc1cc(-c2ccncc2F)n(C)n1. The molecule has 0 radical (unpaired) electrons. The van der Waals surface area contributed by atoms with E-state index in [9.17, 15) is 9.18 Å². The molecule has 0 saturated heterocycles. The molecule has 0 aliphatic rings. The van der Waals surface area contributed by atoms with Gasteiger partial charge in [-0.05, 0) is 19.1 Å². The molecule has 0 saturated carbocycles. The van der Waals surface area contributed by atoms with E-state index in [-0.39, 0.29) is 12.4 Å². The summed E-state index contributed by atoms with van der Waals surface area (Å²) < 4.78 is 20.2. The number of aryl methyl sites for hydroxylation is 2. The quantitative estimate of drug-likeness (QED) is 0.785. The Bertz CT molecular complexity index is 610. The van der Waals surface area contributed by atoms with E-state index in [2.05, 4.69) is 10.1 Å². The predicted octanol–water partition coefficient (Wildman–Crippen LogP) is 2.12. The Hall–Kier alpha value is -2.24. The zero-order valence-corrected chi connectivity index (χ0v) is 11.5. The molecule has 0 spiro atoms. The third-order valence-corrected chi connectivity index (χ3v) is 2.87. The van der Waals surface area contributed by atoms with Crippen molar-refractivity contribution in [2.45, 2.75) is 19.8 Å². The molecule has 2 heterocycles. The summed E-state index contributed by atoms with van der Waals surface area (Å²) in [6, 6.07) is 3.37. The molecule has 0 amide bonds. The zero-order chi connectivity index (χ0) is 14.5. The Balaban J connectivity index is 2.14. The Kier molecular flexibility index (Phi) is 4.45. The third-order valence-electron chi connectivity index (χ3n) is 2.87. The maximum absolute atomic E-state index is 13.7. The van der Waals surface area contributed by atoms with Gasteiger partial charge in [0, 0.05) is 25.2 Å². The van der Waals surface area contributed by atoms with Gasteiger partial charge < -0.3 is 4.74 Å². The van der Waals surface area contributed by atoms with E-state index in [1.807, 2.05) is 0 Å². The molecule has 0 unspecified atom stereocenters. The third kappa shape index (κ3) is 3.20. The average molecular weight is 277 g/mol. The van der Waals surface area contributed by atoms with Crippen LogP contribution in [0.3, 0.4) is 0 Å². The standard InChI is InChI=1S/C14H16FN3O2/c1-3-20-14(19)5-4-10-8-13(18(2)17-10)11-6-7-16-9-12(11)15/h6-9H,3-5H2,1-2H3. The number of esters is 1. The van der Waals surface area contributed by atoms with Crippen LogP contribution >= 0.6 is 0 Å². The fourth-order valence-corrected chi connectivity index (χ4v) is 1.95. The van der Waals surface area contributed by atoms with E-state index in [1.54, 1.807) is 30.8 Å². The fraction of sp³-hybridized carbons (Fsp3) is 0.357. The van der Waals surface area contributed by atoms with E-state index in [0.717, 1.165) is 5.69 Å². The van der Waals surface area contributed by atoms with E-state index in [4.69, 9.17) is 4.74 Å². The van der Waals surface area contributed by atoms with Crippen molar-refractivity contribution in [1.29, 1.82) is 0 Å². The van der Waals surface area contributed by atoms with Crippen LogP contribution in [-0.4, -0.2) is 27.3 Å². The topological polar surface area (TPSA) is 57.0 Å². The average Bonchev–Trinajstić information content (AvgIpc) is 2.79. The van der Waals surface area contributed by atoms with Crippen LogP contribution in [-0.2, 0) is 23.0 Å². The second kappa shape index (κ2) is 6.27. The van der Waals surface area contributed by atoms with Crippen LogP contribution in [0.4, 0.5) is 4.39 Å². The second-order valence-corrected chi connectivity index (χ2v) is 4.31.